The van der Waals surface area contributed by atoms with Crippen molar-refractivity contribution in [3.8, 4) is 0 Å². The fourth-order valence-electron chi connectivity index (χ4n) is 4.13. The van der Waals surface area contributed by atoms with E-state index in [9.17, 15) is 9.59 Å². The van der Waals surface area contributed by atoms with Gasteiger partial charge >= 0.3 is 0 Å². The Labute approximate surface area is 147 Å². The minimum atomic E-state index is -0.165. The number of amides is 1. The number of aryl methyl sites for hydroxylation is 1. The van der Waals surface area contributed by atoms with Gasteiger partial charge in [-0.3, -0.25) is 14.6 Å². The summed E-state index contributed by atoms with van der Waals surface area (Å²) in [6.45, 7) is 1.43. The van der Waals surface area contributed by atoms with Crippen LogP contribution in [0.5, 0.6) is 0 Å². The molecule has 1 N–H and O–H groups in total. The molecule has 5 nitrogen and oxygen atoms in total. The minimum Gasteiger partial charge on any atom is -0.338 e. The summed E-state index contributed by atoms with van der Waals surface area (Å²) >= 11 is 0. The number of hydrogen-bond donors (Lipinski definition) is 1. The third-order valence-electron chi connectivity index (χ3n) is 5.39. The van der Waals surface area contributed by atoms with Crippen LogP contribution < -0.4 is 5.56 Å². The molecule has 2 aliphatic rings. The third kappa shape index (κ3) is 3.23. The molecule has 130 valence electrons. The van der Waals surface area contributed by atoms with Crippen molar-refractivity contribution in [3.05, 3.63) is 63.3 Å². The molecule has 0 radical (unpaired) electrons. The largest absolute Gasteiger partial charge is 0.338 e. The molecule has 0 aromatic carbocycles. The maximum absolute atomic E-state index is 13.2. The molecular formula is C20H23N3O2. The fourth-order valence-corrected chi connectivity index (χ4v) is 4.13. The first-order chi connectivity index (χ1) is 12.2. The maximum atomic E-state index is 13.2. The lowest BCUT2D eigenvalue weighted by Gasteiger charge is -2.33. The molecule has 0 saturated carbocycles. The van der Waals surface area contributed by atoms with Crippen molar-refractivity contribution in [2.45, 2.75) is 44.4 Å². The van der Waals surface area contributed by atoms with E-state index in [1.54, 1.807) is 0 Å². The molecule has 0 bridgehead atoms. The van der Waals surface area contributed by atoms with Gasteiger partial charge in [-0.25, -0.2) is 0 Å². The number of aromatic nitrogens is 2. The lowest BCUT2D eigenvalue weighted by Crippen LogP contribution is -2.40. The molecule has 1 amide bonds. The predicted molar refractivity (Wildman–Crippen MR) is 95.8 cm³/mol. The Morgan fingerprint density at radius 1 is 1.20 bits per heavy atom. The van der Waals surface area contributed by atoms with Gasteiger partial charge in [0.1, 0.15) is 0 Å². The topological polar surface area (TPSA) is 66.1 Å². The van der Waals surface area contributed by atoms with Crippen LogP contribution in [0.25, 0.3) is 0 Å². The second-order valence-corrected chi connectivity index (χ2v) is 7.06. The van der Waals surface area contributed by atoms with Crippen LogP contribution in [0.15, 0.2) is 35.3 Å². The SMILES string of the molecule is O=C(c1cc(=O)[nH]c2c1CCCC2)N1CCCC(c2ccccn2)C1. The van der Waals surface area contributed by atoms with Crippen LogP contribution in [-0.2, 0) is 12.8 Å². The summed E-state index contributed by atoms with van der Waals surface area (Å²) in [6.07, 6.45) is 7.73. The molecule has 1 unspecified atom stereocenters. The summed E-state index contributed by atoms with van der Waals surface area (Å²) in [5.74, 6) is 0.279. The van der Waals surface area contributed by atoms with Crippen molar-refractivity contribution < 1.29 is 4.79 Å². The van der Waals surface area contributed by atoms with Crippen LogP contribution in [0.4, 0.5) is 0 Å². The van der Waals surface area contributed by atoms with Gasteiger partial charge in [0.2, 0.25) is 5.56 Å². The summed E-state index contributed by atoms with van der Waals surface area (Å²) in [7, 11) is 0. The average Bonchev–Trinajstić information content (AvgIpc) is 2.67. The number of H-pyrrole nitrogens is 1. The second-order valence-electron chi connectivity index (χ2n) is 7.06. The Morgan fingerprint density at radius 3 is 2.92 bits per heavy atom. The first kappa shape index (κ1) is 16.1. The summed E-state index contributed by atoms with van der Waals surface area (Å²) < 4.78 is 0. The number of carbonyl (C=O) groups is 1. The lowest BCUT2D eigenvalue weighted by molar-refractivity contribution is 0.0704. The van der Waals surface area contributed by atoms with Crippen LogP contribution in [0, 0.1) is 0 Å². The van der Waals surface area contributed by atoms with Crippen LogP contribution >= 0.6 is 0 Å². The van der Waals surface area contributed by atoms with Gasteiger partial charge in [0.05, 0.1) is 0 Å². The van der Waals surface area contributed by atoms with Gasteiger partial charge in [-0.1, -0.05) is 6.07 Å². The number of hydrogen-bond acceptors (Lipinski definition) is 3. The van der Waals surface area contributed by atoms with Crippen LogP contribution in [0.3, 0.4) is 0 Å². The Balaban J connectivity index is 1.61. The number of rotatable bonds is 2. The maximum Gasteiger partial charge on any atom is 0.254 e. The molecule has 4 rings (SSSR count). The number of fused-ring (bicyclic) bond motifs is 1. The van der Waals surface area contributed by atoms with Gasteiger partial charge in [-0.2, -0.15) is 0 Å². The van der Waals surface area contributed by atoms with Gasteiger partial charge in [0, 0.05) is 48.2 Å². The Hall–Kier alpha value is -2.43. The molecule has 1 aliphatic carbocycles. The number of carbonyl (C=O) groups excluding carboxylic acids is 1. The van der Waals surface area contributed by atoms with E-state index < -0.39 is 0 Å². The molecule has 2 aromatic rings. The molecule has 25 heavy (non-hydrogen) atoms. The zero-order valence-corrected chi connectivity index (χ0v) is 14.3. The van der Waals surface area contributed by atoms with Crippen LogP contribution in [0.2, 0.25) is 0 Å². The standard InChI is InChI=1S/C20H23N3O2/c24-19-12-16(15-7-1-2-9-18(15)22-19)20(25)23-11-5-6-14(13-23)17-8-3-4-10-21-17/h3-4,8,10,12,14H,1-2,5-7,9,11,13H2,(H,22,24). The fraction of sp³-hybridized carbons (Fsp3) is 0.450. The molecule has 3 heterocycles. The molecule has 0 spiro atoms. The van der Waals surface area contributed by atoms with E-state index in [4.69, 9.17) is 0 Å². The summed E-state index contributed by atoms with van der Waals surface area (Å²) in [5.41, 5.74) is 3.51. The van der Waals surface area contributed by atoms with Crippen molar-refractivity contribution in [3.63, 3.8) is 0 Å². The highest BCUT2D eigenvalue weighted by Gasteiger charge is 2.28. The van der Waals surface area contributed by atoms with Crippen molar-refractivity contribution >= 4 is 5.91 Å². The second kappa shape index (κ2) is 6.82. The molecule has 2 aromatic heterocycles. The van der Waals surface area contributed by atoms with E-state index in [1.807, 2.05) is 29.3 Å². The van der Waals surface area contributed by atoms with E-state index in [0.29, 0.717) is 12.1 Å². The third-order valence-corrected chi connectivity index (χ3v) is 5.39. The Morgan fingerprint density at radius 2 is 2.08 bits per heavy atom. The molecule has 5 heteroatoms. The van der Waals surface area contributed by atoms with Gasteiger partial charge in [0.15, 0.2) is 0 Å². The summed E-state index contributed by atoms with van der Waals surface area (Å²) in [4.78, 5) is 34.4. The molecular weight excluding hydrogens is 314 g/mol. The molecule has 1 fully saturated rings. The average molecular weight is 337 g/mol. The molecule has 1 saturated heterocycles. The number of pyridine rings is 2. The number of nitrogens with zero attached hydrogens (tertiary/aromatic N) is 2. The zero-order chi connectivity index (χ0) is 17.2. The highest BCUT2D eigenvalue weighted by Crippen LogP contribution is 2.28. The molecule has 1 atom stereocenters. The van der Waals surface area contributed by atoms with Gasteiger partial charge in [-0.05, 0) is 56.2 Å². The van der Waals surface area contributed by atoms with E-state index in [0.717, 1.165) is 62.0 Å². The van der Waals surface area contributed by atoms with Gasteiger partial charge in [0.25, 0.3) is 5.91 Å². The van der Waals surface area contributed by atoms with Crippen molar-refractivity contribution in [1.82, 2.24) is 14.9 Å². The number of likely N-dealkylation sites (tertiary alicyclic amines) is 1. The first-order valence-corrected chi connectivity index (χ1v) is 9.17. The normalized spacial score (nSPS) is 20.2. The van der Waals surface area contributed by atoms with Crippen molar-refractivity contribution in [2.24, 2.45) is 0 Å². The Kier molecular flexibility index (Phi) is 4.38. The van der Waals surface area contributed by atoms with Gasteiger partial charge in [-0.15, -0.1) is 0 Å². The van der Waals surface area contributed by atoms with Crippen LogP contribution in [0.1, 0.15) is 58.9 Å². The zero-order valence-electron chi connectivity index (χ0n) is 14.3. The smallest absolute Gasteiger partial charge is 0.254 e. The lowest BCUT2D eigenvalue weighted by atomic mass is 9.90. The van der Waals surface area contributed by atoms with E-state index >= 15 is 0 Å². The highest BCUT2D eigenvalue weighted by molar-refractivity contribution is 5.96. The van der Waals surface area contributed by atoms with Crippen molar-refractivity contribution in [2.75, 3.05) is 13.1 Å². The monoisotopic (exact) mass is 337 g/mol. The van der Waals surface area contributed by atoms with Crippen molar-refractivity contribution in [1.29, 1.82) is 0 Å². The molecule has 1 aliphatic heterocycles. The number of nitrogens with one attached hydrogen (secondary N) is 1. The summed E-state index contributed by atoms with van der Waals surface area (Å²) in [5, 5.41) is 0. The Bertz CT molecular complexity index is 829. The quantitative estimate of drug-likeness (QED) is 0.916. The van der Waals surface area contributed by atoms with Gasteiger partial charge < -0.3 is 9.88 Å². The van der Waals surface area contributed by atoms with E-state index in [-0.39, 0.29) is 17.4 Å². The highest BCUT2D eigenvalue weighted by atomic mass is 16.2. The van der Waals surface area contributed by atoms with Crippen LogP contribution in [-0.4, -0.2) is 33.9 Å². The first-order valence-electron chi connectivity index (χ1n) is 9.17. The minimum absolute atomic E-state index is 0.00452. The van der Waals surface area contributed by atoms with E-state index in [2.05, 4.69) is 9.97 Å². The summed E-state index contributed by atoms with van der Waals surface area (Å²) in [6, 6.07) is 7.44. The number of aromatic amines is 1. The number of piperidine rings is 1. The van der Waals surface area contributed by atoms with E-state index in [1.165, 1.54) is 6.07 Å². The predicted octanol–water partition coefficient (Wildman–Crippen LogP) is 2.67.